The van der Waals surface area contributed by atoms with Gasteiger partial charge in [-0.05, 0) is 36.6 Å². The Hall–Kier alpha value is -1.60. The topological polar surface area (TPSA) is 12.0 Å². The number of hydrogen-bond donors (Lipinski definition) is 1. The lowest BCUT2D eigenvalue weighted by atomic mass is 9.87. The summed E-state index contributed by atoms with van der Waals surface area (Å²) in [7, 11) is 2.07. The van der Waals surface area contributed by atoms with E-state index in [4.69, 9.17) is 0 Å². The molecule has 3 rings (SSSR count). The van der Waals surface area contributed by atoms with Crippen molar-refractivity contribution in [3.8, 4) is 0 Å². The van der Waals surface area contributed by atoms with Crippen LogP contribution < -0.4 is 5.32 Å². The molecule has 0 saturated heterocycles. The third-order valence-electron chi connectivity index (χ3n) is 3.91. The first-order chi connectivity index (χ1) is 8.34. The van der Waals surface area contributed by atoms with Crippen molar-refractivity contribution in [3.05, 3.63) is 71.3 Å². The fraction of sp³-hybridized carbons (Fsp3) is 0.250. The summed E-state index contributed by atoms with van der Waals surface area (Å²) in [5, 5.41) is 3.54. The van der Waals surface area contributed by atoms with Crippen LogP contribution in [0.2, 0.25) is 0 Å². The summed E-state index contributed by atoms with van der Waals surface area (Å²) in [6.45, 7) is 0. The monoisotopic (exact) mass is 223 g/mol. The average Bonchev–Trinajstić information content (AvgIpc) is 2.79. The predicted molar refractivity (Wildman–Crippen MR) is 71.0 cm³/mol. The number of benzene rings is 2. The molecule has 0 unspecified atom stereocenters. The summed E-state index contributed by atoms with van der Waals surface area (Å²) in [5.41, 5.74) is 4.43. The Balaban J connectivity index is 2.03. The zero-order valence-electron chi connectivity index (χ0n) is 10.1. The van der Waals surface area contributed by atoms with Gasteiger partial charge in [0.05, 0.1) is 5.54 Å². The van der Waals surface area contributed by atoms with E-state index in [2.05, 4.69) is 67.0 Å². The molecule has 1 heteroatoms. The van der Waals surface area contributed by atoms with E-state index >= 15 is 0 Å². The standard InChI is InChI=1S/C16H17N/c1-17-16(15-9-3-2-4-10-15)11-13-7-5-6-8-14(13)12-16/h2-10,17H,11-12H2,1H3. The normalized spacial score (nSPS) is 16.8. The Labute approximate surface area is 102 Å². The average molecular weight is 223 g/mol. The smallest absolute Gasteiger partial charge is 0.0513 e. The van der Waals surface area contributed by atoms with Crippen LogP contribution in [0.3, 0.4) is 0 Å². The molecule has 1 aliphatic rings. The summed E-state index contributed by atoms with van der Waals surface area (Å²) in [5.74, 6) is 0. The van der Waals surface area contributed by atoms with Crippen molar-refractivity contribution in [2.24, 2.45) is 0 Å². The molecule has 0 aliphatic heterocycles. The molecule has 17 heavy (non-hydrogen) atoms. The van der Waals surface area contributed by atoms with Gasteiger partial charge in [-0.25, -0.2) is 0 Å². The Morgan fingerprint density at radius 1 is 0.824 bits per heavy atom. The minimum atomic E-state index is 0.0882. The van der Waals surface area contributed by atoms with Gasteiger partial charge in [-0.15, -0.1) is 0 Å². The van der Waals surface area contributed by atoms with E-state index in [9.17, 15) is 0 Å². The molecular weight excluding hydrogens is 206 g/mol. The maximum absolute atomic E-state index is 3.54. The Morgan fingerprint density at radius 2 is 1.35 bits per heavy atom. The molecule has 0 atom stereocenters. The fourth-order valence-electron chi connectivity index (χ4n) is 2.90. The van der Waals surface area contributed by atoms with Crippen molar-refractivity contribution in [1.82, 2.24) is 5.32 Å². The van der Waals surface area contributed by atoms with E-state index < -0.39 is 0 Å². The maximum atomic E-state index is 3.54. The van der Waals surface area contributed by atoms with Gasteiger partial charge in [0.2, 0.25) is 0 Å². The van der Waals surface area contributed by atoms with E-state index in [1.54, 1.807) is 0 Å². The van der Waals surface area contributed by atoms with E-state index in [0.717, 1.165) is 12.8 Å². The SMILES string of the molecule is CNC1(c2ccccc2)Cc2ccccc2C1. The fourth-order valence-corrected chi connectivity index (χ4v) is 2.90. The number of nitrogens with one attached hydrogen (secondary N) is 1. The van der Waals surface area contributed by atoms with Gasteiger partial charge in [0.25, 0.3) is 0 Å². The van der Waals surface area contributed by atoms with Gasteiger partial charge in [-0.3, -0.25) is 0 Å². The molecule has 0 saturated carbocycles. The Bertz CT molecular complexity index is 491. The van der Waals surface area contributed by atoms with Crippen LogP contribution in [0.15, 0.2) is 54.6 Å². The molecular formula is C16H17N. The van der Waals surface area contributed by atoms with Crippen molar-refractivity contribution in [1.29, 1.82) is 0 Å². The van der Waals surface area contributed by atoms with Gasteiger partial charge in [-0.1, -0.05) is 54.6 Å². The first-order valence-corrected chi connectivity index (χ1v) is 6.15. The lowest BCUT2D eigenvalue weighted by Gasteiger charge is -2.29. The zero-order valence-corrected chi connectivity index (χ0v) is 10.1. The van der Waals surface area contributed by atoms with Crippen molar-refractivity contribution < 1.29 is 0 Å². The molecule has 0 bridgehead atoms. The molecule has 1 nitrogen and oxygen atoms in total. The zero-order chi connectivity index (χ0) is 11.7. The lowest BCUT2D eigenvalue weighted by molar-refractivity contribution is 0.381. The molecule has 0 fully saturated rings. The van der Waals surface area contributed by atoms with E-state index in [-0.39, 0.29) is 5.54 Å². The Morgan fingerprint density at radius 3 is 1.88 bits per heavy atom. The lowest BCUT2D eigenvalue weighted by Crippen LogP contribution is -2.40. The van der Waals surface area contributed by atoms with Crippen molar-refractivity contribution >= 4 is 0 Å². The highest BCUT2D eigenvalue weighted by molar-refractivity contribution is 5.41. The van der Waals surface area contributed by atoms with Gasteiger partial charge < -0.3 is 5.32 Å². The van der Waals surface area contributed by atoms with Gasteiger partial charge >= 0.3 is 0 Å². The molecule has 2 aromatic rings. The highest BCUT2D eigenvalue weighted by Crippen LogP contribution is 2.37. The third kappa shape index (κ3) is 1.67. The van der Waals surface area contributed by atoms with Crippen LogP contribution in [-0.4, -0.2) is 7.05 Å². The molecule has 0 radical (unpaired) electrons. The number of rotatable bonds is 2. The van der Waals surface area contributed by atoms with Gasteiger partial charge in [0, 0.05) is 0 Å². The van der Waals surface area contributed by atoms with Gasteiger partial charge in [0.15, 0.2) is 0 Å². The number of likely N-dealkylation sites (N-methyl/N-ethyl adjacent to an activating group) is 1. The van der Waals surface area contributed by atoms with Crippen LogP contribution >= 0.6 is 0 Å². The summed E-state index contributed by atoms with van der Waals surface area (Å²) in [6.07, 6.45) is 2.17. The van der Waals surface area contributed by atoms with E-state index in [1.165, 1.54) is 16.7 Å². The highest BCUT2D eigenvalue weighted by Gasteiger charge is 2.36. The minimum absolute atomic E-state index is 0.0882. The third-order valence-corrected chi connectivity index (χ3v) is 3.91. The number of fused-ring (bicyclic) bond motifs is 1. The molecule has 0 amide bonds. The molecule has 0 heterocycles. The first kappa shape index (κ1) is 10.5. The predicted octanol–water partition coefficient (Wildman–Crippen LogP) is 2.90. The summed E-state index contributed by atoms with van der Waals surface area (Å²) in [6, 6.07) is 19.5. The molecule has 0 spiro atoms. The van der Waals surface area contributed by atoms with E-state index in [1.807, 2.05) is 0 Å². The van der Waals surface area contributed by atoms with E-state index in [0.29, 0.717) is 0 Å². The molecule has 1 aliphatic carbocycles. The van der Waals surface area contributed by atoms with Crippen molar-refractivity contribution in [2.75, 3.05) is 7.05 Å². The molecule has 86 valence electrons. The largest absolute Gasteiger partial charge is 0.310 e. The van der Waals surface area contributed by atoms with Crippen LogP contribution in [0.1, 0.15) is 16.7 Å². The maximum Gasteiger partial charge on any atom is 0.0513 e. The van der Waals surface area contributed by atoms with Crippen LogP contribution in [0.25, 0.3) is 0 Å². The summed E-state index contributed by atoms with van der Waals surface area (Å²) < 4.78 is 0. The summed E-state index contributed by atoms with van der Waals surface area (Å²) >= 11 is 0. The highest BCUT2D eigenvalue weighted by atomic mass is 14.9. The number of hydrogen-bond acceptors (Lipinski definition) is 1. The second-order valence-corrected chi connectivity index (χ2v) is 4.82. The second-order valence-electron chi connectivity index (χ2n) is 4.82. The van der Waals surface area contributed by atoms with Crippen LogP contribution in [-0.2, 0) is 18.4 Å². The van der Waals surface area contributed by atoms with Crippen LogP contribution in [0, 0.1) is 0 Å². The second kappa shape index (κ2) is 4.01. The molecule has 2 aromatic carbocycles. The minimum Gasteiger partial charge on any atom is -0.310 e. The molecule has 1 N–H and O–H groups in total. The van der Waals surface area contributed by atoms with Crippen LogP contribution in [0.5, 0.6) is 0 Å². The summed E-state index contributed by atoms with van der Waals surface area (Å²) in [4.78, 5) is 0. The molecule has 0 aromatic heterocycles. The van der Waals surface area contributed by atoms with Gasteiger partial charge in [-0.2, -0.15) is 0 Å². The first-order valence-electron chi connectivity index (χ1n) is 6.15. The van der Waals surface area contributed by atoms with Crippen LogP contribution in [0.4, 0.5) is 0 Å². The quantitative estimate of drug-likeness (QED) is 0.825. The van der Waals surface area contributed by atoms with Crippen molar-refractivity contribution in [3.63, 3.8) is 0 Å². The van der Waals surface area contributed by atoms with Crippen molar-refractivity contribution in [2.45, 2.75) is 18.4 Å². The Kier molecular flexibility index (Phi) is 2.49. The van der Waals surface area contributed by atoms with Gasteiger partial charge in [0.1, 0.15) is 0 Å².